The first-order valence-electron chi connectivity index (χ1n) is 11.4. The Morgan fingerprint density at radius 2 is 1.50 bits per heavy atom. The van der Waals surface area contributed by atoms with Crippen molar-refractivity contribution >= 4 is 44.5 Å². The Balaban J connectivity index is 1.50. The molecule has 0 saturated heterocycles. The van der Waals surface area contributed by atoms with E-state index in [0.29, 0.717) is 0 Å². The molecule has 0 spiro atoms. The van der Waals surface area contributed by atoms with Crippen LogP contribution in [0.4, 0.5) is 0 Å². The third-order valence-corrected chi connectivity index (χ3v) is 6.25. The lowest BCUT2D eigenvalue weighted by atomic mass is 10.1. The van der Waals surface area contributed by atoms with Gasteiger partial charge in [0.25, 0.3) is 0 Å². The summed E-state index contributed by atoms with van der Waals surface area (Å²) in [5.74, 6) is 0. The lowest BCUT2D eigenvalue weighted by Crippen LogP contribution is -1.92. The largest absolute Gasteiger partial charge is 0.323 e. The van der Waals surface area contributed by atoms with Gasteiger partial charge < -0.3 is 9.13 Å². The van der Waals surface area contributed by atoms with Crippen LogP contribution in [-0.4, -0.2) is 14.1 Å². The third-order valence-electron chi connectivity index (χ3n) is 6.25. The van der Waals surface area contributed by atoms with E-state index in [1.165, 1.54) is 38.4 Å². The summed E-state index contributed by atoms with van der Waals surface area (Å²) in [6.07, 6.45) is 11.9. The predicted octanol–water partition coefficient (Wildman–Crippen LogP) is 7.87. The van der Waals surface area contributed by atoms with Gasteiger partial charge in [-0.05, 0) is 60.2 Å². The van der Waals surface area contributed by atoms with E-state index in [1.54, 1.807) is 6.20 Å². The molecule has 0 fully saturated rings. The highest BCUT2D eigenvalue weighted by Gasteiger charge is 2.15. The maximum atomic E-state index is 4.42. The van der Waals surface area contributed by atoms with Crippen molar-refractivity contribution in [2.75, 3.05) is 0 Å². The molecule has 0 radical (unpaired) electrons. The van der Waals surface area contributed by atoms with Crippen molar-refractivity contribution < 1.29 is 0 Å². The number of fused-ring (bicyclic) bond motifs is 5. The molecule has 0 amide bonds. The summed E-state index contributed by atoms with van der Waals surface area (Å²) in [7, 11) is 0. The Morgan fingerprint density at radius 1 is 0.735 bits per heavy atom. The van der Waals surface area contributed by atoms with E-state index >= 15 is 0 Å². The van der Waals surface area contributed by atoms with Crippen LogP contribution >= 0.6 is 0 Å². The van der Waals surface area contributed by atoms with E-state index < -0.39 is 0 Å². The number of hydrogen-bond donors (Lipinski definition) is 0. The monoisotopic (exact) mass is 437 g/mol. The van der Waals surface area contributed by atoms with E-state index in [4.69, 9.17) is 0 Å². The molecule has 0 atom stereocenters. The lowest BCUT2D eigenvalue weighted by Gasteiger charge is -2.07. The number of benzene rings is 3. The van der Waals surface area contributed by atoms with Crippen LogP contribution in [0.3, 0.4) is 0 Å². The standard InChI is InChI=1S/C31H23N3/c1-2-23(27-15-8-9-20-32-27)11-10-21-33-22-19-26-28(33)17-18-30-31(26)25-14-6-7-16-29(25)34(30)24-12-4-3-5-13-24/h2-22H,1H2. The highest BCUT2D eigenvalue weighted by Crippen LogP contribution is 2.37. The minimum Gasteiger partial charge on any atom is -0.323 e. The molecule has 0 aliphatic rings. The minimum atomic E-state index is 0.912. The first kappa shape index (κ1) is 20.0. The summed E-state index contributed by atoms with van der Waals surface area (Å²) >= 11 is 0. The molecule has 34 heavy (non-hydrogen) atoms. The SMILES string of the molecule is C=CC(=CC=Cn1ccc2c3c4ccccc4n(-c4ccccc4)c3ccc21)c1ccccn1. The van der Waals surface area contributed by atoms with Gasteiger partial charge in [0.1, 0.15) is 0 Å². The molecule has 6 rings (SSSR count). The number of aromatic nitrogens is 3. The fraction of sp³-hybridized carbons (Fsp3) is 0. The first-order valence-corrected chi connectivity index (χ1v) is 11.4. The van der Waals surface area contributed by atoms with Crippen molar-refractivity contribution in [3.63, 3.8) is 0 Å². The summed E-state index contributed by atoms with van der Waals surface area (Å²) in [5, 5.41) is 3.78. The molecule has 0 N–H and O–H groups in total. The highest BCUT2D eigenvalue weighted by atomic mass is 15.0. The van der Waals surface area contributed by atoms with Crippen LogP contribution in [0.25, 0.3) is 50.2 Å². The van der Waals surface area contributed by atoms with Crippen molar-refractivity contribution in [1.82, 2.24) is 14.1 Å². The zero-order valence-electron chi connectivity index (χ0n) is 18.7. The highest BCUT2D eigenvalue weighted by molar-refractivity contribution is 6.21. The molecule has 3 heterocycles. The normalized spacial score (nSPS) is 12.3. The zero-order valence-corrected chi connectivity index (χ0v) is 18.7. The van der Waals surface area contributed by atoms with Crippen molar-refractivity contribution in [2.24, 2.45) is 0 Å². The van der Waals surface area contributed by atoms with Crippen molar-refractivity contribution in [1.29, 1.82) is 0 Å². The van der Waals surface area contributed by atoms with Gasteiger partial charge in [0.05, 0.1) is 22.2 Å². The van der Waals surface area contributed by atoms with E-state index in [-0.39, 0.29) is 0 Å². The second-order valence-electron chi connectivity index (χ2n) is 8.19. The molecule has 0 bridgehead atoms. The number of nitrogens with zero attached hydrogens (tertiary/aromatic N) is 3. The summed E-state index contributed by atoms with van der Waals surface area (Å²) < 4.78 is 4.52. The van der Waals surface area contributed by atoms with Crippen LogP contribution in [0.1, 0.15) is 5.69 Å². The second kappa shape index (κ2) is 8.38. The number of allylic oxidation sites excluding steroid dienone is 4. The van der Waals surface area contributed by atoms with E-state index in [1.807, 2.05) is 36.4 Å². The van der Waals surface area contributed by atoms with Gasteiger partial charge in [-0.15, -0.1) is 0 Å². The van der Waals surface area contributed by atoms with Crippen LogP contribution in [0.2, 0.25) is 0 Å². The van der Waals surface area contributed by atoms with Gasteiger partial charge in [-0.2, -0.15) is 0 Å². The maximum Gasteiger partial charge on any atom is 0.0701 e. The van der Waals surface area contributed by atoms with Gasteiger partial charge in [0.2, 0.25) is 0 Å². The van der Waals surface area contributed by atoms with E-state index in [9.17, 15) is 0 Å². The van der Waals surface area contributed by atoms with Crippen LogP contribution in [0.5, 0.6) is 0 Å². The van der Waals surface area contributed by atoms with Gasteiger partial charge >= 0.3 is 0 Å². The van der Waals surface area contributed by atoms with Gasteiger partial charge in [-0.3, -0.25) is 4.98 Å². The Morgan fingerprint density at radius 3 is 2.32 bits per heavy atom. The number of rotatable bonds is 5. The van der Waals surface area contributed by atoms with Gasteiger partial charge in [0.15, 0.2) is 0 Å². The fourth-order valence-corrected chi connectivity index (χ4v) is 4.72. The summed E-state index contributed by atoms with van der Waals surface area (Å²) in [6, 6.07) is 31.7. The van der Waals surface area contributed by atoms with Crippen molar-refractivity contribution in [2.45, 2.75) is 0 Å². The fourth-order valence-electron chi connectivity index (χ4n) is 4.72. The molecule has 0 aliphatic heterocycles. The molecule has 6 aromatic rings. The third kappa shape index (κ3) is 3.26. The Hall–Kier alpha value is -4.63. The zero-order chi connectivity index (χ0) is 22.9. The molecule has 3 heteroatoms. The van der Waals surface area contributed by atoms with Gasteiger partial charge in [-0.1, -0.05) is 61.2 Å². The van der Waals surface area contributed by atoms with Gasteiger partial charge in [-0.25, -0.2) is 0 Å². The number of pyridine rings is 1. The van der Waals surface area contributed by atoms with E-state index in [2.05, 4.69) is 106 Å². The van der Waals surface area contributed by atoms with Crippen molar-refractivity contribution in [3.8, 4) is 5.69 Å². The molecule has 3 aromatic heterocycles. The van der Waals surface area contributed by atoms with Crippen LogP contribution in [0, 0.1) is 0 Å². The molecule has 162 valence electrons. The molecule has 0 aliphatic carbocycles. The molecule has 3 aromatic carbocycles. The summed E-state index contributed by atoms with van der Waals surface area (Å²) in [6.45, 7) is 3.94. The quantitative estimate of drug-likeness (QED) is 0.252. The second-order valence-corrected chi connectivity index (χ2v) is 8.19. The minimum absolute atomic E-state index is 0.912. The van der Waals surface area contributed by atoms with Crippen LogP contribution < -0.4 is 0 Å². The molecule has 0 saturated carbocycles. The van der Waals surface area contributed by atoms with Crippen LogP contribution in [-0.2, 0) is 0 Å². The number of hydrogen-bond acceptors (Lipinski definition) is 1. The number of para-hydroxylation sites is 2. The Labute approximate surface area is 198 Å². The lowest BCUT2D eigenvalue weighted by molar-refractivity contribution is 1.18. The average Bonchev–Trinajstić information content (AvgIpc) is 3.46. The first-order chi connectivity index (χ1) is 16.8. The maximum absolute atomic E-state index is 4.42. The molecule has 3 nitrogen and oxygen atoms in total. The summed E-state index contributed by atoms with van der Waals surface area (Å²) in [5.41, 5.74) is 6.67. The smallest absolute Gasteiger partial charge is 0.0701 e. The van der Waals surface area contributed by atoms with E-state index in [0.717, 1.165) is 11.3 Å². The topological polar surface area (TPSA) is 22.8 Å². The van der Waals surface area contributed by atoms with Gasteiger partial charge in [0, 0.05) is 40.4 Å². The average molecular weight is 438 g/mol. The Bertz CT molecular complexity index is 1700. The molecular formula is C31H23N3. The van der Waals surface area contributed by atoms with Crippen LogP contribution in [0.15, 0.2) is 128 Å². The molecular weight excluding hydrogens is 414 g/mol. The predicted molar refractivity (Wildman–Crippen MR) is 144 cm³/mol. The summed E-state index contributed by atoms with van der Waals surface area (Å²) in [4.78, 5) is 4.42. The van der Waals surface area contributed by atoms with Crippen molar-refractivity contribution in [3.05, 3.63) is 134 Å². The molecule has 0 unspecified atom stereocenters. The Kier molecular flexibility index (Phi) is 4.93.